The SMILES string of the molecule is CCOC(=O)C1(C(=O)OCC)C[C@@H](/C=C\C[Si](C)(C)c2ccccc2)[C@H](/C=C/C[Si](C)(C)c2ccccc2)C1. The summed E-state index contributed by atoms with van der Waals surface area (Å²) < 4.78 is 10.9. The first-order chi connectivity index (χ1) is 18.6. The Labute approximate surface area is 237 Å². The molecule has 0 unspecified atom stereocenters. The van der Waals surface area contributed by atoms with Gasteiger partial charge in [0.2, 0.25) is 0 Å². The van der Waals surface area contributed by atoms with E-state index in [1.54, 1.807) is 13.8 Å². The second-order valence-corrected chi connectivity index (χ2v) is 21.5. The topological polar surface area (TPSA) is 52.6 Å². The maximum Gasteiger partial charge on any atom is 0.323 e. The van der Waals surface area contributed by atoms with Gasteiger partial charge in [0.15, 0.2) is 5.41 Å². The lowest BCUT2D eigenvalue weighted by atomic mass is 9.84. The molecule has 1 aliphatic rings. The van der Waals surface area contributed by atoms with E-state index in [0.717, 1.165) is 12.1 Å². The van der Waals surface area contributed by atoms with Crippen molar-refractivity contribution < 1.29 is 19.1 Å². The second-order valence-electron chi connectivity index (χ2n) is 12.0. The van der Waals surface area contributed by atoms with Crippen molar-refractivity contribution in [3.05, 3.63) is 85.0 Å². The Balaban J connectivity index is 1.87. The van der Waals surface area contributed by atoms with Crippen molar-refractivity contribution >= 4 is 38.5 Å². The molecule has 0 amide bonds. The van der Waals surface area contributed by atoms with Crippen LogP contribution in [0.2, 0.25) is 38.3 Å². The van der Waals surface area contributed by atoms with Crippen LogP contribution in [0.15, 0.2) is 85.0 Å². The largest absolute Gasteiger partial charge is 0.465 e. The summed E-state index contributed by atoms with van der Waals surface area (Å²) in [5.74, 6) is -0.763. The average molecular weight is 563 g/mol. The summed E-state index contributed by atoms with van der Waals surface area (Å²) in [5, 5.41) is 2.86. The molecular weight excluding hydrogens is 517 g/mol. The highest BCUT2D eigenvalue weighted by Crippen LogP contribution is 2.49. The van der Waals surface area contributed by atoms with Crippen molar-refractivity contribution in [2.24, 2.45) is 17.3 Å². The Morgan fingerprint density at radius 3 is 1.41 bits per heavy atom. The van der Waals surface area contributed by atoms with Crippen molar-refractivity contribution in [2.45, 2.75) is 65.0 Å². The third-order valence-electron chi connectivity index (χ3n) is 8.18. The highest BCUT2D eigenvalue weighted by Gasteiger charge is 2.56. The Morgan fingerprint density at radius 1 is 0.718 bits per heavy atom. The van der Waals surface area contributed by atoms with E-state index in [9.17, 15) is 9.59 Å². The van der Waals surface area contributed by atoms with Crippen LogP contribution in [0.3, 0.4) is 0 Å². The van der Waals surface area contributed by atoms with Gasteiger partial charge in [-0.05, 0) is 50.6 Å². The van der Waals surface area contributed by atoms with Gasteiger partial charge in [-0.15, -0.1) is 0 Å². The van der Waals surface area contributed by atoms with Crippen molar-refractivity contribution in [2.75, 3.05) is 13.2 Å². The first-order valence-corrected chi connectivity index (χ1v) is 20.8. The summed E-state index contributed by atoms with van der Waals surface area (Å²) >= 11 is 0. The van der Waals surface area contributed by atoms with Crippen LogP contribution in [0.25, 0.3) is 0 Å². The quantitative estimate of drug-likeness (QED) is 0.129. The zero-order chi connectivity index (χ0) is 28.5. The molecular formula is C33H46O4Si2. The summed E-state index contributed by atoms with van der Waals surface area (Å²) in [4.78, 5) is 26.5. The number of rotatable bonds is 12. The Morgan fingerprint density at radius 2 is 1.08 bits per heavy atom. The molecule has 210 valence electrons. The summed E-state index contributed by atoms with van der Waals surface area (Å²) in [6.45, 7) is 13.6. The van der Waals surface area contributed by atoms with Gasteiger partial charge in [0.05, 0.1) is 29.4 Å². The van der Waals surface area contributed by atoms with Crippen LogP contribution in [0, 0.1) is 17.3 Å². The van der Waals surface area contributed by atoms with Crippen LogP contribution in [0.5, 0.6) is 0 Å². The lowest BCUT2D eigenvalue weighted by Gasteiger charge is -2.24. The van der Waals surface area contributed by atoms with Crippen LogP contribution in [-0.2, 0) is 19.1 Å². The van der Waals surface area contributed by atoms with Gasteiger partial charge in [-0.1, -0.05) is 122 Å². The molecule has 0 aromatic heterocycles. The minimum Gasteiger partial charge on any atom is -0.465 e. The van der Waals surface area contributed by atoms with Crippen LogP contribution in [-0.4, -0.2) is 41.3 Å². The van der Waals surface area contributed by atoms with Gasteiger partial charge in [-0.25, -0.2) is 0 Å². The van der Waals surface area contributed by atoms with Gasteiger partial charge in [0.1, 0.15) is 0 Å². The number of hydrogen-bond acceptors (Lipinski definition) is 4. The first kappa shape index (κ1) is 30.8. The van der Waals surface area contributed by atoms with Crippen molar-refractivity contribution in [1.82, 2.24) is 0 Å². The fourth-order valence-electron chi connectivity index (χ4n) is 5.66. The van der Waals surface area contributed by atoms with Gasteiger partial charge in [-0.2, -0.15) is 0 Å². The van der Waals surface area contributed by atoms with Crippen molar-refractivity contribution in [3.63, 3.8) is 0 Å². The van der Waals surface area contributed by atoms with E-state index in [1.807, 2.05) is 0 Å². The van der Waals surface area contributed by atoms with E-state index < -0.39 is 33.5 Å². The Hall–Kier alpha value is -2.71. The molecule has 0 saturated heterocycles. The Kier molecular flexibility index (Phi) is 10.7. The molecule has 0 aliphatic heterocycles. The summed E-state index contributed by atoms with van der Waals surface area (Å²) in [5.41, 5.74) is -1.26. The number of benzene rings is 2. The van der Waals surface area contributed by atoms with E-state index in [4.69, 9.17) is 9.47 Å². The molecule has 1 aliphatic carbocycles. The van der Waals surface area contributed by atoms with Crippen LogP contribution in [0.1, 0.15) is 26.7 Å². The number of allylic oxidation sites excluding steroid dienone is 4. The molecule has 3 rings (SSSR count). The molecule has 0 spiro atoms. The lowest BCUT2D eigenvalue weighted by Crippen LogP contribution is -2.40. The van der Waals surface area contributed by atoms with E-state index in [-0.39, 0.29) is 25.0 Å². The molecule has 2 atom stereocenters. The highest BCUT2D eigenvalue weighted by molar-refractivity contribution is 6.90. The predicted molar refractivity (Wildman–Crippen MR) is 167 cm³/mol. The van der Waals surface area contributed by atoms with E-state index in [1.165, 1.54) is 10.4 Å². The number of carbonyl (C=O) groups excluding carboxylic acids is 2. The molecule has 4 nitrogen and oxygen atoms in total. The standard InChI is InChI=1S/C33H46O4Si2/c1-7-36-31(34)33(32(35)37-8-2)25-27(17-15-23-38(3,4)29-19-11-9-12-20-29)28(26-33)18-16-24-39(5,6)30-21-13-10-14-22-30/h9-22,27-28H,7-8,23-26H2,1-6H3/b17-15-,18-16+/t27-,28-/m1/s1. The zero-order valence-electron chi connectivity index (χ0n) is 24.6. The molecule has 0 N–H and O–H groups in total. The summed E-state index contributed by atoms with van der Waals surface area (Å²) in [6.07, 6.45) is 9.94. The van der Waals surface area contributed by atoms with Crippen molar-refractivity contribution in [3.8, 4) is 0 Å². The van der Waals surface area contributed by atoms with E-state index in [2.05, 4.69) is 111 Å². The molecule has 2 aromatic carbocycles. The number of hydrogen-bond donors (Lipinski definition) is 0. The van der Waals surface area contributed by atoms with Crippen LogP contribution in [0.4, 0.5) is 0 Å². The minimum atomic E-state index is -1.65. The van der Waals surface area contributed by atoms with E-state index in [0.29, 0.717) is 12.8 Å². The maximum atomic E-state index is 13.3. The second kappa shape index (κ2) is 13.6. The third-order valence-corrected chi connectivity index (χ3v) is 14.5. The zero-order valence-corrected chi connectivity index (χ0v) is 26.6. The highest BCUT2D eigenvalue weighted by atomic mass is 28.3. The van der Waals surface area contributed by atoms with Gasteiger partial charge in [-0.3, -0.25) is 9.59 Å². The van der Waals surface area contributed by atoms with Gasteiger partial charge >= 0.3 is 11.9 Å². The fourth-order valence-corrected chi connectivity index (χ4v) is 9.77. The van der Waals surface area contributed by atoms with Gasteiger partial charge in [0, 0.05) is 0 Å². The molecule has 6 heteroatoms. The van der Waals surface area contributed by atoms with Gasteiger partial charge in [0.25, 0.3) is 0 Å². The number of esters is 2. The van der Waals surface area contributed by atoms with E-state index >= 15 is 0 Å². The third kappa shape index (κ3) is 7.70. The lowest BCUT2D eigenvalue weighted by molar-refractivity contribution is -0.171. The predicted octanol–water partition coefficient (Wildman–Crippen LogP) is 6.47. The summed E-state index contributed by atoms with van der Waals surface area (Å²) in [7, 11) is -3.30. The average Bonchev–Trinajstić information content (AvgIpc) is 3.29. The molecule has 2 aromatic rings. The minimum absolute atomic E-state index is 0.0668. The molecule has 0 radical (unpaired) electrons. The van der Waals surface area contributed by atoms with Gasteiger partial charge < -0.3 is 9.47 Å². The molecule has 1 saturated carbocycles. The molecule has 0 bridgehead atoms. The smallest absolute Gasteiger partial charge is 0.323 e. The first-order valence-electron chi connectivity index (χ1n) is 14.3. The summed E-state index contributed by atoms with van der Waals surface area (Å²) in [6, 6.07) is 23.5. The maximum absolute atomic E-state index is 13.3. The normalized spacial score (nSPS) is 19.4. The fraction of sp³-hybridized carbons (Fsp3) is 0.455. The van der Waals surface area contributed by atoms with Crippen molar-refractivity contribution in [1.29, 1.82) is 0 Å². The monoisotopic (exact) mass is 562 g/mol. The van der Waals surface area contributed by atoms with Crippen LogP contribution >= 0.6 is 0 Å². The molecule has 39 heavy (non-hydrogen) atoms. The number of carbonyl (C=O) groups is 2. The van der Waals surface area contributed by atoms with Crippen LogP contribution < -0.4 is 10.4 Å². The molecule has 1 fully saturated rings. The Bertz CT molecular complexity index is 1050. The number of ether oxygens (including phenoxy) is 2. The molecule has 0 heterocycles.